The summed E-state index contributed by atoms with van der Waals surface area (Å²) in [5, 5.41) is 0. The van der Waals surface area contributed by atoms with Crippen molar-refractivity contribution >= 4 is 0 Å². The Bertz CT molecular complexity index is 1010. The van der Waals surface area contributed by atoms with E-state index < -0.39 is 0 Å². The van der Waals surface area contributed by atoms with Gasteiger partial charge in [-0.3, -0.25) is 4.90 Å². The molecule has 1 aromatic carbocycles. The lowest BCUT2D eigenvalue weighted by molar-refractivity contribution is -0.375. The van der Waals surface area contributed by atoms with Crippen LogP contribution >= 0.6 is 0 Å². The molecule has 8 rings (SSSR count). The lowest BCUT2D eigenvalue weighted by Gasteiger charge is -2.76. The van der Waals surface area contributed by atoms with Crippen molar-refractivity contribution in [2.45, 2.75) is 81.1 Å². The molecule has 172 valence electrons. The quantitative estimate of drug-likeness (QED) is 0.660. The van der Waals surface area contributed by atoms with Crippen molar-refractivity contribution in [2.75, 3.05) is 27.0 Å². The van der Waals surface area contributed by atoms with Gasteiger partial charge < -0.3 is 18.9 Å². The first-order valence-electron chi connectivity index (χ1n) is 12.5. The van der Waals surface area contributed by atoms with E-state index in [4.69, 9.17) is 18.9 Å². The first-order chi connectivity index (χ1) is 15.5. The number of nitrogens with zero attached hydrogens (tertiary/aromatic N) is 1. The molecule has 0 radical (unpaired) electrons. The third kappa shape index (κ3) is 1.89. The van der Waals surface area contributed by atoms with E-state index in [1.807, 2.05) is 0 Å². The van der Waals surface area contributed by atoms with Gasteiger partial charge in [-0.1, -0.05) is 19.1 Å². The monoisotopic (exact) mass is 437 g/mol. The summed E-state index contributed by atoms with van der Waals surface area (Å²) >= 11 is 0. The van der Waals surface area contributed by atoms with Gasteiger partial charge in [-0.15, -0.1) is 6.58 Å². The highest BCUT2D eigenvalue weighted by Gasteiger charge is 2.82. The standard InChI is InChI=1S/C27H35NO4/c1-5-12-28-13-11-26-21-17-7-8-18(29-4)22(21)32-23(26)27-10-9-25(26,20(28)14-17)15-19(27)24(3,6-2)30-16-31-27/h5,7-8,19-20,23H,1,6,9-16H2,2-4H3. The van der Waals surface area contributed by atoms with Crippen molar-refractivity contribution in [3.05, 3.63) is 35.9 Å². The number of likely N-dealkylation sites (tertiary alicyclic amines) is 1. The zero-order valence-electron chi connectivity index (χ0n) is 19.6. The minimum atomic E-state index is -0.283. The van der Waals surface area contributed by atoms with Crippen molar-refractivity contribution in [3.63, 3.8) is 0 Å². The highest BCUT2D eigenvalue weighted by atomic mass is 16.7. The number of rotatable bonds is 4. The van der Waals surface area contributed by atoms with Crippen molar-refractivity contribution < 1.29 is 18.9 Å². The Hall–Kier alpha value is -1.56. The largest absolute Gasteiger partial charge is 0.493 e. The van der Waals surface area contributed by atoms with Gasteiger partial charge in [0.1, 0.15) is 18.5 Å². The minimum Gasteiger partial charge on any atom is -0.493 e. The van der Waals surface area contributed by atoms with Gasteiger partial charge in [0, 0.05) is 34.9 Å². The second-order valence-electron chi connectivity index (χ2n) is 11.3. The minimum absolute atomic E-state index is 0.00747. The molecule has 2 saturated heterocycles. The molecule has 0 N–H and O–H groups in total. The summed E-state index contributed by atoms with van der Waals surface area (Å²) in [6.45, 7) is 11.1. The fourth-order valence-corrected chi connectivity index (χ4v) is 9.42. The summed E-state index contributed by atoms with van der Waals surface area (Å²) in [4.78, 5) is 2.71. The average Bonchev–Trinajstić information content (AvgIpc) is 3.18. The third-order valence-corrected chi connectivity index (χ3v) is 10.8. The van der Waals surface area contributed by atoms with Gasteiger partial charge in [0.05, 0.1) is 12.7 Å². The van der Waals surface area contributed by atoms with Crippen LogP contribution < -0.4 is 9.47 Å². The van der Waals surface area contributed by atoms with E-state index in [1.54, 1.807) is 7.11 Å². The van der Waals surface area contributed by atoms with Crippen LogP contribution in [0.1, 0.15) is 57.1 Å². The number of hydrogen-bond acceptors (Lipinski definition) is 5. The second kappa shape index (κ2) is 6.11. The number of fused-ring (bicyclic) bond motifs is 1. The summed E-state index contributed by atoms with van der Waals surface area (Å²) in [6, 6.07) is 4.93. The molecule has 3 saturated carbocycles. The zero-order chi connectivity index (χ0) is 21.9. The van der Waals surface area contributed by atoms with Crippen LogP contribution in [0.5, 0.6) is 11.5 Å². The Morgan fingerprint density at radius 3 is 2.91 bits per heavy atom. The molecule has 4 bridgehead atoms. The van der Waals surface area contributed by atoms with E-state index in [1.165, 1.54) is 17.5 Å². The van der Waals surface area contributed by atoms with Gasteiger partial charge in [-0.25, -0.2) is 0 Å². The Balaban J connectivity index is 1.51. The molecule has 32 heavy (non-hydrogen) atoms. The Morgan fingerprint density at radius 2 is 2.12 bits per heavy atom. The molecule has 3 spiro atoms. The summed E-state index contributed by atoms with van der Waals surface area (Å²) in [5.74, 6) is 2.23. The van der Waals surface area contributed by atoms with Crippen molar-refractivity contribution in [3.8, 4) is 11.5 Å². The van der Waals surface area contributed by atoms with Gasteiger partial charge in [0.2, 0.25) is 0 Å². The van der Waals surface area contributed by atoms with Crippen LogP contribution in [-0.2, 0) is 21.3 Å². The predicted octanol–water partition coefficient (Wildman–Crippen LogP) is 4.22. The van der Waals surface area contributed by atoms with Crippen LogP contribution in [0.3, 0.4) is 0 Å². The highest BCUT2D eigenvalue weighted by Crippen LogP contribution is 2.78. The number of piperidine rings is 1. The number of benzene rings is 1. The summed E-state index contributed by atoms with van der Waals surface area (Å²) in [5.41, 5.74) is 2.65. The van der Waals surface area contributed by atoms with Gasteiger partial charge >= 0.3 is 0 Å². The van der Waals surface area contributed by atoms with Gasteiger partial charge in [-0.05, 0) is 63.6 Å². The van der Waals surface area contributed by atoms with Crippen molar-refractivity contribution in [2.24, 2.45) is 11.3 Å². The average molecular weight is 438 g/mol. The molecule has 7 atom stereocenters. The summed E-state index contributed by atoms with van der Waals surface area (Å²) in [6.07, 6.45) is 8.76. The number of ether oxygens (including phenoxy) is 4. The number of hydrogen-bond donors (Lipinski definition) is 0. The molecule has 3 heterocycles. The lowest BCUT2D eigenvalue weighted by Crippen LogP contribution is -2.83. The number of methoxy groups -OCH3 is 1. The molecule has 4 aliphatic carbocycles. The van der Waals surface area contributed by atoms with Crippen LogP contribution in [0.4, 0.5) is 0 Å². The maximum atomic E-state index is 7.08. The van der Waals surface area contributed by atoms with Crippen LogP contribution in [-0.4, -0.2) is 55.2 Å². The molecular formula is C27H35NO4. The molecule has 1 aromatic rings. The van der Waals surface area contributed by atoms with E-state index in [0.29, 0.717) is 18.8 Å². The fourth-order valence-electron chi connectivity index (χ4n) is 9.42. The summed E-state index contributed by atoms with van der Waals surface area (Å²) < 4.78 is 26.0. The molecule has 7 aliphatic rings. The molecular weight excluding hydrogens is 402 g/mol. The van der Waals surface area contributed by atoms with E-state index in [-0.39, 0.29) is 28.1 Å². The van der Waals surface area contributed by atoms with E-state index in [9.17, 15) is 0 Å². The second-order valence-corrected chi connectivity index (χ2v) is 11.3. The van der Waals surface area contributed by atoms with E-state index in [0.717, 1.165) is 56.7 Å². The molecule has 0 amide bonds. The van der Waals surface area contributed by atoms with Crippen LogP contribution in [0, 0.1) is 11.3 Å². The van der Waals surface area contributed by atoms with Crippen molar-refractivity contribution in [1.29, 1.82) is 0 Å². The maximum absolute atomic E-state index is 7.08. The van der Waals surface area contributed by atoms with E-state index in [2.05, 4.69) is 43.5 Å². The van der Waals surface area contributed by atoms with Crippen molar-refractivity contribution in [1.82, 2.24) is 4.90 Å². The molecule has 3 aliphatic heterocycles. The maximum Gasteiger partial charge on any atom is 0.165 e. The third-order valence-electron chi connectivity index (χ3n) is 10.8. The first kappa shape index (κ1) is 19.9. The highest BCUT2D eigenvalue weighted by molar-refractivity contribution is 5.63. The van der Waals surface area contributed by atoms with E-state index >= 15 is 0 Å². The SMILES string of the molecule is C=CCN1CCC23c4c5ccc(OC)c4OC2C24CCC3(CC2C(C)(CC)OCO4)C1C5. The normalized spacial score (nSPS) is 47.4. The molecule has 5 heteroatoms. The summed E-state index contributed by atoms with van der Waals surface area (Å²) in [7, 11) is 1.77. The molecule has 5 fully saturated rings. The smallest absolute Gasteiger partial charge is 0.165 e. The molecule has 0 aromatic heterocycles. The van der Waals surface area contributed by atoms with Crippen LogP contribution in [0.25, 0.3) is 0 Å². The van der Waals surface area contributed by atoms with Crippen LogP contribution in [0.15, 0.2) is 24.8 Å². The van der Waals surface area contributed by atoms with Crippen LogP contribution in [0.2, 0.25) is 0 Å². The molecule has 7 unspecified atom stereocenters. The topological polar surface area (TPSA) is 40.2 Å². The Morgan fingerprint density at radius 1 is 1.25 bits per heavy atom. The first-order valence-corrected chi connectivity index (χ1v) is 12.5. The predicted molar refractivity (Wildman–Crippen MR) is 121 cm³/mol. The van der Waals surface area contributed by atoms with Gasteiger partial charge in [-0.2, -0.15) is 0 Å². The van der Waals surface area contributed by atoms with Gasteiger partial charge in [0.25, 0.3) is 0 Å². The Labute approximate surface area is 191 Å². The van der Waals surface area contributed by atoms with Gasteiger partial charge in [0.15, 0.2) is 11.5 Å². The zero-order valence-corrected chi connectivity index (χ0v) is 19.6. The lowest BCUT2D eigenvalue weighted by atomic mass is 9.33. The Kier molecular flexibility index (Phi) is 3.79. The fraction of sp³-hybridized carbons (Fsp3) is 0.704. The molecule has 5 nitrogen and oxygen atoms in total.